The van der Waals surface area contributed by atoms with Crippen LogP contribution < -0.4 is 10.1 Å². The van der Waals surface area contributed by atoms with Crippen molar-refractivity contribution in [3.05, 3.63) is 52.2 Å². The van der Waals surface area contributed by atoms with Gasteiger partial charge in [0, 0.05) is 17.5 Å². The molecule has 0 spiro atoms. The van der Waals surface area contributed by atoms with Gasteiger partial charge in [-0.1, -0.05) is 39.0 Å². The van der Waals surface area contributed by atoms with E-state index < -0.39 is 0 Å². The summed E-state index contributed by atoms with van der Waals surface area (Å²) in [5.41, 5.74) is 1.29. The molecule has 0 radical (unpaired) electrons. The van der Waals surface area contributed by atoms with Gasteiger partial charge in [-0.2, -0.15) is 0 Å². The van der Waals surface area contributed by atoms with Gasteiger partial charge < -0.3 is 10.1 Å². The lowest BCUT2D eigenvalue weighted by Crippen LogP contribution is -2.24. The van der Waals surface area contributed by atoms with Gasteiger partial charge in [0.1, 0.15) is 5.75 Å². The zero-order chi connectivity index (χ0) is 15.1. The van der Waals surface area contributed by atoms with Crippen LogP contribution in [0.1, 0.15) is 43.7 Å². The van der Waals surface area contributed by atoms with Gasteiger partial charge in [-0.15, -0.1) is 11.3 Å². The molecule has 1 unspecified atom stereocenters. The summed E-state index contributed by atoms with van der Waals surface area (Å²) in [6.45, 7) is 8.31. The summed E-state index contributed by atoms with van der Waals surface area (Å²) < 4.78 is 5.61. The zero-order valence-corrected chi connectivity index (χ0v) is 14.0. The molecule has 0 aliphatic heterocycles. The topological polar surface area (TPSA) is 21.3 Å². The van der Waals surface area contributed by atoms with E-state index in [0.717, 1.165) is 25.3 Å². The molecule has 21 heavy (non-hydrogen) atoms. The summed E-state index contributed by atoms with van der Waals surface area (Å²) in [6.07, 6.45) is 1.04. The molecular formula is C18H25NOS. The molecule has 2 aromatic rings. The Labute approximate surface area is 132 Å². The number of hydrogen-bond donors (Lipinski definition) is 1. The smallest absolute Gasteiger partial charge is 0.119 e. The van der Waals surface area contributed by atoms with Gasteiger partial charge in [-0.3, -0.25) is 0 Å². The summed E-state index contributed by atoms with van der Waals surface area (Å²) >= 11 is 1.82. The van der Waals surface area contributed by atoms with Crippen molar-refractivity contribution in [1.82, 2.24) is 5.32 Å². The Morgan fingerprint density at radius 2 is 1.90 bits per heavy atom. The first kappa shape index (κ1) is 16.1. The molecule has 3 heteroatoms. The molecule has 1 N–H and O–H groups in total. The molecule has 2 rings (SSSR count). The van der Waals surface area contributed by atoms with Crippen LogP contribution in [0.2, 0.25) is 0 Å². The lowest BCUT2D eigenvalue weighted by Gasteiger charge is -2.21. The van der Waals surface area contributed by atoms with Gasteiger partial charge in [0.15, 0.2) is 0 Å². The first-order valence-electron chi connectivity index (χ1n) is 7.69. The van der Waals surface area contributed by atoms with Gasteiger partial charge >= 0.3 is 0 Å². The largest absolute Gasteiger partial charge is 0.494 e. The minimum atomic E-state index is 0.418. The fourth-order valence-electron chi connectivity index (χ4n) is 2.28. The zero-order valence-electron chi connectivity index (χ0n) is 13.1. The van der Waals surface area contributed by atoms with Crippen molar-refractivity contribution < 1.29 is 4.74 Å². The van der Waals surface area contributed by atoms with E-state index in [1.165, 1.54) is 10.4 Å². The molecule has 1 atom stereocenters. The third-order valence-corrected chi connectivity index (χ3v) is 4.39. The Hall–Kier alpha value is -1.32. The van der Waals surface area contributed by atoms with Crippen LogP contribution in [0.3, 0.4) is 0 Å². The van der Waals surface area contributed by atoms with E-state index in [9.17, 15) is 0 Å². The van der Waals surface area contributed by atoms with Crippen LogP contribution >= 0.6 is 11.3 Å². The standard InChI is InChI=1S/C18H25NOS/c1-4-11-20-16-9-7-15(8-10-16)13-19-18(14(2)3)17-6-5-12-21-17/h5-10,12,14,18-19H,4,11,13H2,1-3H3. The van der Waals surface area contributed by atoms with Crippen LogP contribution in [0.15, 0.2) is 41.8 Å². The monoisotopic (exact) mass is 303 g/mol. The van der Waals surface area contributed by atoms with E-state index in [1.807, 2.05) is 11.3 Å². The molecule has 0 bridgehead atoms. The Morgan fingerprint density at radius 1 is 1.14 bits per heavy atom. The predicted molar refractivity (Wildman–Crippen MR) is 91.0 cm³/mol. The van der Waals surface area contributed by atoms with Gasteiger partial charge in [-0.25, -0.2) is 0 Å². The summed E-state index contributed by atoms with van der Waals surface area (Å²) in [4.78, 5) is 1.41. The first-order valence-corrected chi connectivity index (χ1v) is 8.57. The maximum absolute atomic E-state index is 5.61. The Kier molecular flexibility index (Phi) is 6.27. The average Bonchev–Trinajstić information content (AvgIpc) is 3.00. The van der Waals surface area contributed by atoms with Crippen LogP contribution in [0.25, 0.3) is 0 Å². The first-order chi connectivity index (χ1) is 10.2. The predicted octanol–water partition coefficient (Wildman–Crippen LogP) is 5.02. The van der Waals surface area contributed by atoms with E-state index in [4.69, 9.17) is 4.74 Å². The molecule has 0 saturated carbocycles. The minimum Gasteiger partial charge on any atom is -0.494 e. The molecule has 2 nitrogen and oxygen atoms in total. The van der Waals surface area contributed by atoms with E-state index in [1.54, 1.807) is 0 Å². The minimum absolute atomic E-state index is 0.418. The summed E-state index contributed by atoms with van der Waals surface area (Å²) in [5, 5.41) is 5.82. The van der Waals surface area contributed by atoms with Crippen LogP contribution in [0.4, 0.5) is 0 Å². The van der Waals surface area contributed by atoms with Gasteiger partial charge in [0.2, 0.25) is 0 Å². The van der Waals surface area contributed by atoms with E-state index in [-0.39, 0.29) is 0 Å². The Balaban J connectivity index is 1.92. The van der Waals surface area contributed by atoms with Crippen molar-refractivity contribution in [3.63, 3.8) is 0 Å². The molecule has 1 aromatic carbocycles. The van der Waals surface area contributed by atoms with Crippen molar-refractivity contribution in [1.29, 1.82) is 0 Å². The van der Waals surface area contributed by atoms with Crippen molar-refractivity contribution in [2.75, 3.05) is 6.61 Å². The van der Waals surface area contributed by atoms with Crippen LogP contribution in [-0.2, 0) is 6.54 Å². The second-order valence-electron chi connectivity index (χ2n) is 5.61. The SMILES string of the molecule is CCCOc1ccc(CNC(c2cccs2)C(C)C)cc1. The second-order valence-corrected chi connectivity index (χ2v) is 6.59. The van der Waals surface area contributed by atoms with Crippen LogP contribution in [-0.4, -0.2) is 6.61 Å². The molecule has 1 aromatic heterocycles. The molecule has 0 amide bonds. The Bertz CT molecular complexity index is 505. The highest BCUT2D eigenvalue weighted by atomic mass is 32.1. The fraction of sp³-hybridized carbons (Fsp3) is 0.444. The lowest BCUT2D eigenvalue weighted by atomic mass is 10.0. The molecular weight excluding hydrogens is 278 g/mol. The number of benzene rings is 1. The van der Waals surface area contributed by atoms with Crippen molar-refractivity contribution in [2.45, 2.75) is 39.8 Å². The second kappa shape index (κ2) is 8.20. The average molecular weight is 303 g/mol. The Morgan fingerprint density at radius 3 is 2.48 bits per heavy atom. The normalized spacial score (nSPS) is 12.6. The van der Waals surface area contributed by atoms with E-state index >= 15 is 0 Å². The number of hydrogen-bond acceptors (Lipinski definition) is 3. The van der Waals surface area contributed by atoms with Crippen LogP contribution in [0, 0.1) is 5.92 Å². The fourth-order valence-corrected chi connectivity index (χ4v) is 3.26. The van der Waals surface area contributed by atoms with Crippen LogP contribution in [0.5, 0.6) is 5.75 Å². The van der Waals surface area contributed by atoms with Crippen molar-refractivity contribution >= 4 is 11.3 Å². The van der Waals surface area contributed by atoms with Gasteiger partial charge in [0.05, 0.1) is 6.61 Å². The summed E-state index contributed by atoms with van der Waals surface area (Å²) in [7, 11) is 0. The lowest BCUT2D eigenvalue weighted by molar-refractivity contribution is 0.317. The number of thiophene rings is 1. The van der Waals surface area contributed by atoms with Gasteiger partial charge in [-0.05, 0) is 41.5 Å². The number of nitrogens with one attached hydrogen (secondary N) is 1. The summed E-state index contributed by atoms with van der Waals surface area (Å²) in [6, 6.07) is 13.2. The number of ether oxygens (including phenoxy) is 1. The molecule has 0 saturated heterocycles. The maximum atomic E-state index is 5.61. The molecule has 114 valence electrons. The van der Waals surface area contributed by atoms with Crippen molar-refractivity contribution in [2.24, 2.45) is 5.92 Å². The molecule has 1 heterocycles. The third-order valence-electron chi connectivity index (χ3n) is 3.44. The van der Waals surface area contributed by atoms with Crippen molar-refractivity contribution in [3.8, 4) is 5.75 Å². The maximum Gasteiger partial charge on any atom is 0.119 e. The highest BCUT2D eigenvalue weighted by Gasteiger charge is 2.15. The molecule has 0 aliphatic carbocycles. The molecule has 0 fully saturated rings. The van der Waals surface area contributed by atoms with E-state index in [2.05, 4.69) is 67.9 Å². The third kappa shape index (κ3) is 4.87. The quantitative estimate of drug-likeness (QED) is 0.739. The molecule has 0 aliphatic rings. The van der Waals surface area contributed by atoms with E-state index in [0.29, 0.717) is 12.0 Å². The highest BCUT2D eigenvalue weighted by molar-refractivity contribution is 7.10. The van der Waals surface area contributed by atoms with Gasteiger partial charge in [0.25, 0.3) is 0 Å². The highest BCUT2D eigenvalue weighted by Crippen LogP contribution is 2.26. The summed E-state index contributed by atoms with van der Waals surface area (Å²) in [5.74, 6) is 1.54. The number of rotatable bonds is 8.